The fourth-order valence-corrected chi connectivity index (χ4v) is 4.74. The first-order chi connectivity index (χ1) is 25.6. The maximum Gasteiger partial charge on any atom is 0.306 e. The molecule has 0 aliphatic rings. The number of esters is 2. The molecule has 0 saturated heterocycles. The number of hydrogen-bond donors (Lipinski definition) is 1. The Kier molecular flexibility index (Phi) is 38.8. The Morgan fingerprint density at radius 3 is 1.29 bits per heavy atom. The number of carbonyl (C=O) groups is 2. The summed E-state index contributed by atoms with van der Waals surface area (Å²) in [7, 11) is 0. The summed E-state index contributed by atoms with van der Waals surface area (Å²) in [5, 5.41) is 9.55. The standard InChI is InChI=1S/C47H72O5/c1-3-5-7-9-11-13-15-17-19-21-23-25-27-29-31-33-35-37-39-41-46(49)51-44-45(43-48)52-47(50)42-40-38-36-34-32-30-28-26-24-22-20-18-16-14-12-10-8-6-4-2/h5,7,11-14,17-20,23-26,29-32,35,37,45,48H,3-4,6,8-10,15-16,21-22,27-28,33-34,36,38-44H2,1-2H3. The predicted octanol–water partition coefficient (Wildman–Crippen LogP) is 12.8. The van der Waals surface area contributed by atoms with Crippen LogP contribution in [-0.4, -0.2) is 36.4 Å². The molecule has 0 aromatic rings. The Labute approximate surface area is 318 Å². The highest BCUT2D eigenvalue weighted by Gasteiger charge is 2.15. The second-order valence-electron chi connectivity index (χ2n) is 12.6. The zero-order chi connectivity index (χ0) is 37.8. The van der Waals surface area contributed by atoms with Gasteiger partial charge in [0.15, 0.2) is 6.10 Å². The van der Waals surface area contributed by atoms with Gasteiger partial charge < -0.3 is 14.6 Å². The molecule has 1 atom stereocenters. The van der Waals surface area contributed by atoms with Crippen LogP contribution in [0.5, 0.6) is 0 Å². The lowest BCUT2D eigenvalue weighted by atomic mass is 10.1. The summed E-state index contributed by atoms with van der Waals surface area (Å²) < 4.78 is 10.5. The van der Waals surface area contributed by atoms with Gasteiger partial charge in [-0.1, -0.05) is 155 Å². The summed E-state index contributed by atoms with van der Waals surface area (Å²) in [6.45, 7) is 3.87. The van der Waals surface area contributed by atoms with Crippen molar-refractivity contribution < 1.29 is 24.2 Å². The molecule has 0 bridgehead atoms. The van der Waals surface area contributed by atoms with E-state index in [2.05, 4.69) is 123 Å². The molecule has 0 amide bonds. The van der Waals surface area contributed by atoms with Crippen LogP contribution < -0.4 is 0 Å². The van der Waals surface area contributed by atoms with Crippen molar-refractivity contribution in [2.45, 2.75) is 148 Å². The fraction of sp³-hybridized carbons (Fsp3) is 0.532. The maximum atomic E-state index is 12.2. The normalized spacial score (nSPS) is 13.5. The van der Waals surface area contributed by atoms with E-state index in [9.17, 15) is 14.7 Å². The first kappa shape index (κ1) is 48.3. The first-order valence-corrected chi connectivity index (χ1v) is 20.1. The minimum atomic E-state index is -0.828. The molecule has 0 fully saturated rings. The Bertz CT molecular complexity index is 1130. The molecule has 1 unspecified atom stereocenters. The van der Waals surface area contributed by atoms with Crippen LogP contribution in [-0.2, 0) is 19.1 Å². The van der Waals surface area contributed by atoms with Gasteiger partial charge in [0.2, 0.25) is 0 Å². The Hall–Kier alpha value is -3.70. The van der Waals surface area contributed by atoms with Crippen molar-refractivity contribution in [1.29, 1.82) is 0 Å². The highest BCUT2D eigenvalue weighted by atomic mass is 16.6. The van der Waals surface area contributed by atoms with Crippen LogP contribution in [0.2, 0.25) is 0 Å². The van der Waals surface area contributed by atoms with E-state index in [1.807, 2.05) is 12.2 Å². The van der Waals surface area contributed by atoms with Gasteiger partial charge in [0.25, 0.3) is 0 Å². The lowest BCUT2D eigenvalue weighted by Gasteiger charge is -2.15. The molecule has 290 valence electrons. The summed E-state index contributed by atoms with van der Waals surface area (Å²) >= 11 is 0. The number of aliphatic hydroxyl groups excluding tert-OH is 1. The van der Waals surface area contributed by atoms with Gasteiger partial charge in [0, 0.05) is 12.8 Å². The van der Waals surface area contributed by atoms with E-state index < -0.39 is 6.10 Å². The van der Waals surface area contributed by atoms with Gasteiger partial charge in [-0.2, -0.15) is 0 Å². The summed E-state index contributed by atoms with van der Waals surface area (Å²) in [6, 6.07) is 0. The van der Waals surface area contributed by atoms with Crippen LogP contribution in [0.25, 0.3) is 0 Å². The van der Waals surface area contributed by atoms with E-state index in [1.54, 1.807) is 0 Å². The Morgan fingerprint density at radius 1 is 0.462 bits per heavy atom. The molecular weight excluding hydrogens is 645 g/mol. The molecule has 0 saturated carbocycles. The summed E-state index contributed by atoms with van der Waals surface area (Å²) in [5.74, 6) is -0.739. The summed E-state index contributed by atoms with van der Waals surface area (Å²) in [4.78, 5) is 24.2. The third-order valence-corrected chi connectivity index (χ3v) is 7.75. The molecule has 0 aliphatic carbocycles. The highest BCUT2D eigenvalue weighted by Crippen LogP contribution is 2.08. The van der Waals surface area contributed by atoms with Gasteiger partial charge in [-0.3, -0.25) is 9.59 Å². The van der Waals surface area contributed by atoms with Crippen molar-refractivity contribution in [2.24, 2.45) is 0 Å². The van der Waals surface area contributed by atoms with Gasteiger partial charge in [0.1, 0.15) is 6.61 Å². The SMILES string of the molecule is CCC=CCC=CCC=CCC=CCC=CCC=CCCC(=O)OCC(CO)OC(=O)CCCCCC=CCC=CCC=CCC=CCCCCC. The largest absolute Gasteiger partial charge is 0.462 e. The van der Waals surface area contributed by atoms with Gasteiger partial charge >= 0.3 is 11.9 Å². The molecule has 0 rings (SSSR count). The second-order valence-corrected chi connectivity index (χ2v) is 12.6. The molecule has 52 heavy (non-hydrogen) atoms. The molecule has 0 aliphatic heterocycles. The van der Waals surface area contributed by atoms with Crippen LogP contribution in [0, 0.1) is 0 Å². The summed E-state index contributed by atoms with van der Waals surface area (Å²) in [5.41, 5.74) is 0. The van der Waals surface area contributed by atoms with Crippen molar-refractivity contribution >= 4 is 11.9 Å². The van der Waals surface area contributed by atoms with Crippen LogP contribution in [0.15, 0.2) is 122 Å². The quantitative estimate of drug-likeness (QED) is 0.0408. The topological polar surface area (TPSA) is 72.8 Å². The monoisotopic (exact) mass is 717 g/mol. The van der Waals surface area contributed by atoms with Crippen molar-refractivity contribution in [3.05, 3.63) is 122 Å². The van der Waals surface area contributed by atoms with Crippen molar-refractivity contribution in [2.75, 3.05) is 13.2 Å². The number of ether oxygens (including phenoxy) is 2. The van der Waals surface area contributed by atoms with E-state index >= 15 is 0 Å². The van der Waals surface area contributed by atoms with Crippen molar-refractivity contribution in [3.8, 4) is 0 Å². The molecule has 0 aromatic carbocycles. The van der Waals surface area contributed by atoms with Crippen LogP contribution in [0.4, 0.5) is 0 Å². The van der Waals surface area contributed by atoms with Gasteiger partial charge in [-0.15, -0.1) is 0 Å². The highest BCUT2D eigenvalue weighted by molar-refractivity contribution is 5.70. The molecule has 1 N–H and O–H groups in total. The van der Waals surface area contributed by atoms with E-state index in [-0.39, 0.29) is 31.6 Å². The zero-order valence-corrected chi connectivity index (χ0v) is 32.8. The lowest BCUT2D eigenvalue weighted by Crippen LogP contribution is -2.28. The fourth-order valence-electron chi connectivity index (χ4n) is 4.74. The molecule has 0 heterocycles. The minimum absolute atomic E-state index is 0.128. The molecule has 0 spiro atoms. The number of unbranched alkanes of at least 4 members (excludes halogenated alkanes) is 6. The van der Waals surface area contributed by atoms with Crippen molar-refractivity contribution in [1.82, 2.24) is 0 Å². The number of hydrogen-bond acceptors (Lipinski definition) is 5. The van der Waals surface area contributed by atoms with Gasteiger partial charge in [0.05, 0.1) is 6.61 Å². The third kappa shape index (κ3) is 39.1. The molecule has 0 radical (unpaired) electrons. The average molecular weight is 717 g/mol. The number of aliphatic hydroxyl groups is 1. The Balaban J connectivity index is 3.80. The van der Waals surface area contributed by atoms with E-state index in [1.165, 1.54) is 25.7 Å². The Morgan fingerprint density at radius 2 is 0.865 bits per heavy atom. The first-order valence-electron chi connectivity index (χ1n) is 20.1. The average Bonchev–Trinajstić information content (AvgIpc) is 3.15. The van der Waals surface area contributed by atoms with Gasteiger partial charge in [-0.25, -0.2) is 0 Å². The smallest absolute Gasteiger partial charge is 0.306 e. The van der Waals surface area contributed by atoms with E-state index in [4.69, 9.17) is 9.47 Å². The molecule has 5 heteroatoms. The van der Waals surface area contributed by atoms with Crippen LogP contribution in [0.1, 0.15) is 142 Å². The lowest BCUT2D eigenvalue weighted by molar-refractivity contribution is -0.161. The third-order valence-electron chi connectivity index (χ3n) is 7.75. The minimum Gasteiger partial charge on any atom is -0.462 e. The second kappa shape index (κ2) is 41.7. The molecule has 0 aromatic heterocycles. The number of allylic oxidation sites excluding steroid dienone is 20. The van der Waals surface area contributed by atoms with Crippen LogP contribution in [0.3, 0.4) is 0 Å². The van der Waals surface area contributed by atoms with E-state index in [0.29, 0.717) is 12.8 Å². The summed E-state index contributed by atoms with van der Waals surface area (Å²) in [6.07, 6.45) is 61.2. The van der Waals surface area contributed by atoms with Crippen molar-refractivity contribution in [3.63, 3.8) is 0 Å². The maximum absolute atomic E-state index is 12.2. The van der Waals surface area contributed by atoms with Crippen LogP contribution >= 0.6 is 0 Å². The zero-order valence-electron chi connectivity index (χ0n) is 32.8. The van der Waals surface area contributed by atoms with Gasteiger partial charge in [-0.05, 0) is 96.3 Å². The number of carbonyl (C=O) groups excluding carboxylic acids is 2. The number of rotatable bonds is 34. The van der Waals surface area contributed by atoms with E-state index in [0.717, 1.165) is 83.5 Å². The molecular formula is C47H72O5. The molecule has 5 nitrogen and oxygen atoms in total. The predicted molar refractivity (Wildman–Crippen MR) is 223 cm³/mol.